The van der Waals surface area contributed by atoms with Crippen molar-refractivity contribution >= 4 is 17.5 Å². The average molecular weight is 224 g/mol. The van der Waals surface area contributed by atoms with Crippen molar-refractivity contribution in [3.8, 4) is 0 Å². The standard InChI is InChI=1S/C12H14ClNO/c1-8(11(14)15)12(2,3)9-4-6-10(13)7-5-9/h4-7H,1H2,2-3H3,(H2,14,15). The third kappa shape index (κ3) is 2.39. The molecule has 0 aliphatic carbocycles. The summed E-state index contributed by atoms with van der Waals surface area (Å²) in [5.74, 6) is -0.477. The number of primary amides is 1. The number of hydrogen-bond acceptors (Lipinski definition) is 1. The van der Waals surface area contributed by atoms with Crippen molar-refractivity contribution < 1.29 is 4.79 Å². The van der Waals surface area contributed by atoms with Crippen LogP contribution >= 0.6 is 11.6 Å². The number of nitrogens with two attached hydrogens (primary N) is 1. The van der Waals surface area contributed by atoms with Crippen molar-refractivity contribution in [1.82, 2.24) is 0 Å². The lowest BCUT2D eigenvalue weighted by atomic mass is 9.78. The third-order valence-corrected chi connectivity index (χ3v) is 2.87. The molecular weight excluding hydrogens is 210 g/mol. The first-order valence-corrected chi connectivity index (χ1v) is 4.98. The lowest BCUT2D eigenvalue weighted by molar-refractivity contribution is -0.115. The third-order valence-electron chi connectivity index (χ3n) is 2.62. The molecule has 1 aromatic rings. The van der Waals surface area contributed by atoms with Crippen LogP contribution in [-0.2, 0) is 10.2 Å². The van der Waals surface area contributed by atoms with Crippen molar-refractivity contribution in [2.75, 3.05) is 0 Å². The van der Waals surface area contributed by atoms with Gasteiger partial charge in [-0.05, 0) is 17.7 Å². The summed E-state index contributed by atoms with van der Waals surface area (Å²) in [5, 5.41) is 0.666. The molecule has 0 spiro atoms. The van der Waals surface area contributed by atoms with Gasteiger partial charge in [-0.2, -0.15) is 0 Å². The van der Waals surface area contributed by atoms with Gasteiger partial charge in [-0.15, -0.1) is 0 Å². The van der Waals surface area contributed by atoms with Crippen LogP contribution in [0.3, 0.4) is 0 Å². The smallest absolute Gasteiger partial charge is 0.244 e. The molecular formula is C12H14ClNO. The largest absolute Gasteiger partial charge is 0.366 e. The maximum atomic E-state index is 11.1. The minimum absolute atomic E-state index is 0.393. The van der Waals surface area contributed by atoms with Gasteiger partial charge in [0.2, 0.25) is 5.91 Å². The Morgan fingerprint density at radius 2 is 1.80 bits per heavy atom. The van der Waals surface area contributed by atoms with Gasteiger partial charge in [0.25, 0.3) is 0 Å². The topological polar surface area (TPSA) is 43.1 Å². The quantitative estimate of drug-likeness (QED) is 0.787. The summed E-state index contributed by atoms with van der Waals surface area (Å²) in [7, 11) is 0. The Kier molecular flexibility index (Phi) is 3.20. The highest BCUT2D eigenvalue weighted by atomic mass is 35.5. The van der Waals surface area contributed by atoms with E-state index in [-0.39, 0.29) is 0 Å². The summed E-state index contributed by atoms with van der Waals surface area (Å²) in [6, 6.07) is 7.31. The molecule has 0 radical (unpaired) electrons. The number of halogens is 1. The normalized spacial score (nSPS) is 11.1. The van der Waals surface area contributed by atoms with Gasteiger partial charge in [0.1, 0.15) is 0 Å². The molecule has 0 saturated heterocycles. The Labute approximate surface area is 94.7 Å². The molecule has 0 atom stereocenters. The van der Waals surface area contributed by atoms with Crippen LogP contribution in [0.15, 0.2) is 36.4 Å². The molecule has 1 amide bonds. The number of amides is 1. The lowest BCUT2D eigenvalue weighted by Gasteiger charge is -2.26. The van der Waals surface area contributed by atoms with Crippen LogP contribution in [0.4, 0.5) is 0 Å². The van der Waals surface area contributed by atoms with Crippen LogP contribution < -0.4 is 5.73 Å². The van der Waals surface area contributed by atoms with Crippen molar-refractivity contribution in [2.24, 2.45) is 5.73 Å². The van der Waals surface area contributed by atoms with E-state index < -0.39 is 11.3 Å². The Morgan fingerprint density at radius 3 is 2.20 bits per heavy atom. The number of benzene rings is 1. The summed E-state index contributed by atoms with van der Waals surface area (Å²) in [4.78, 5) is 11.1. The molecule has 0 aliphatic heterocycles. The van der Waals surface area contributed by atoms with Crippen LogP contribution in [0, 0.1) is 0 Å². The predicted octanol–water partition coefficient (Wildman–Crippen LogP) is 2.66. The van der Waals surface area contributed by atoms with Crippen LogP contribution in [0.1, 0.15) is 19.4 Å². The SMILES string of the molecule is C=C(C(N)=O)C(C)(C)c1ccc(Cl)cc1. The molecule has 3 heteroatoms. The van der Waals surface area contributed by atoms with Gasteiger partial charge in [-0.3, -0.25) is 4.79 Å². The summed E-state index contributed by atoms with van der Waals surface area (Å²) in [5.41, 5.74) is 6.12. The fourth-order valence-electron chi connectivity index (χ4n) is 1.35. The number of carbonyl (C=O) groups is 1. The Hall–Kier alpha value is -1.28. The van der Waals surface area contributed by atoms with Crippen molar-refractivity contribution in [2.45, 2.75) is 19.3 Å². The second-order valence-electron chi connectivity index (χ2n) is 3.97. The second kappa shape index (κ2) is 4.07. The monoisotopic (exact) mass is 223 g/mol. The molecule has 0 heterocycles. The minimum atomic E-state index is -0.477. The number of rotatable bonds is 3. The fraction of sp³-hybridized carbons (Fsp3) is 0.250. The van der Waals surface area contributed by atoms with Crippen LogP contribution in [0.2, 0.25) is 5.02 Å². The van der Waals surface area contributed by atoms with Gasteiger partial charge in [0.15, 0.2) is 0 Å². The highest BCUT2D eigenvalue weighted by molar-refractivity contribution is 6.30. The van der Waals surface area contributed by atoms with E-state index in [0.29, 0.717) is 10.6 Å². The van der Waals surface area contributed by atoms with E-state index in [1.165, 1.54) is 0 Å². The Balaban J connectivity index is 3.10. The van der Waals surface area contributed by atoms with E-state index in [2.05, 4.69) is 6.58 Å². The summed E-state index contributed by atoms with van der Waals surface area (Å²) < 4.78 is 0. The first kappa shape index (κ1) is 11.8. The second-order valence-corrected chi connectivity index (χ2v) is 4.41. The Morgan fingerprint density at radius 1 is 1.33 bits per heavy atom. The lowest BCUT2D eigenvalue weighted by Crippen LogP contribution is -2.29. The van der Waals surface area contributed by atoms with Gasteiger partial charge in [-0.1, -0.05) is 44.2 Å². The van der Waals surface area contributed by atoms with Gasteiger partial charge in [0.05, 0.1) is 0 Å². The van der Waals surface area contributed by atoms with E-state index in [1.54, 1.807) is 12.1 Å². The molecule has 80 valence electrons. The molecule has 0 aromatic heterocycles. The summed E-state index contributed by atoms with van der Waals surface area (Å²) in [6.45, 7) is 7.53. The maximum absolute atomic E-state index is 11.1. The van der Waals surface area contributed by atoms with E-state index in [4.69, 9.17) is 17.3 Å². The van der Waals surface area contributed by atoms with Crippen LogP contribution in [0.25, 0.3) is 0 Å². The van der Waals surface area contributed by atoms with Crippen LogP contribution in [-0.4, -0.2) is 5.91 Å². The molecule has 15 heavy (non-hydrogen) atoms. The van der Waals surface area contributed by atoms with Crippen molar-refractivity contribution in [3.05, 3.63) is 47.0 Å². The number of hydrogen-bond donors (Lipinski definition) is 1. The molecule has 0 saturated carbocycles. The Bertz CT molecular complexity index is 393. The zero-order valence-electron chi connectivity index (χ0n) is 8.88. The molecule has 2 N–H and O–H groups in total. The first-order valence-electron chi connectivity index (χ1n) is 4.61. The van der Waals surface area contributed by atoms with Gasteiger partial charge in [0, 0.05) is 16.0 Å². The minimum Gasteiger partial charge on any atom is -0.366 e. The maximum Gasteiger partial charge on any atom is 0.244 e. The highest BCUT2D eigenvalue weighted by Crippen LogP contribution is 2.30. The summed E-state index contributed by atoms with van der Waals surface area (Å²) in [6.07, 6.45) is 0. The molecule has 1 aromatic carbocycles. The predicted molar refractivity (Wildman–Crippen MR) is 62.8 cm³/mol. The van der Waals surface area contributed by atoms with E-state index >= 15 is 0 Å². The molecule has 0 aliphatic rings. The van der Waals surface area contributed by atoms with Crippen molar-refractivity contribution in [1.29, 1.82) is 0 Å². The number of carbonyl (C=O) groups excluding carboxylic acids is 1. The average Bonchev–Trinajstić information content (AvgIpc) is 2.17. The molecule has 1 rings (SSSR count). The molecule has 2 nitrogen and oxygen atoms in total. The zero-order valence-corrected chi connectivity index (χ0v) is 9.64. The van der Waals surface area contributed by atoms with Gasteiger partial charge < -0.3 is 5.73 Å². The van der Waals surface area contributed by atoms with Crippen LogP contribution in [0.5, 0.6) is 0 Å². The fourth-order valence-corrected chi connectivity index (χ4v) is 1.47. The first-order chi connectivity index (χ1) is 6.85. The van der Waals surface area contributed by atoms with E-state index in [0.717, 1.165) is 5.56 Å². The molecule has 0 unspecified atom stereocenters. The van der Waals surface area contributed by atoms with Crippen molar-refractivity contribution in [3.63, 3.8) is 0 Å². The van der Waals surface area contributed by atoms with E-state index in [9.17, 15) is 4.79 Å². The van der Waals surface area contributed by atoms with Gasteiger partial charge >= 0.3 is 0 Å². The molecule has 0 bridgehead atoms. The highest BCUT2D eigenvalue weighted by Gasteiger charge is 2.27. The van der Waals surface area contributed by atoms with E-state index in [1.807, 2.05) is 26.0 Å². The van der Waals surface area contributed by atoms with Gasteiger partial charge in [-0.25, -0.2) is 0 Å². The molecule has 0 fully saturated rings. The zero-order chi connectivity index (χ0) is 11.6. The summed E-state index contributed by atoms with van der Waals surface area (Å²) >= 11 is 5.79.